The van der Waals surface area contributed by atoms with Gasteiger partial charge in [0.1, 0.15) is 0 Å². The van der Waals surface area contributed by atoms with Gasteiger partial charge in [-0.25, -0.2) is 0 Å². The molecule has 1 aliphatic heterocycles. The minimum Gasteiger partial charge on any atom is -0.294 e. The van der Waals surface area contributed by atoms with Crippen molar-refractivity contribution in [1.29, 1.82) is 0 Å². The van der Waals surface area contributed by atoms with E-state index in [1.54, 1.807) is 0 Å². The van der Waals surface area contributed by atoms with Crippen molar-refractivity contribution in [2.24, 2.45) is 5.92 Å². The predicted octanol–water partition coefficient (Wildman–Crippen LogP) is 2.85. The summed E-state index contributed by atoms with van der Waals surface area (Å²) in [6.45, 7) is 0. The van der Waals surface area contributed by atoms with Gasteiger partial charge in [-0.1, -0.05) is 24.3 Å². The Kier molecular flexibility index (Phi) is 2.53. The molecule has 1 saturated heterocycles. The standard InChI is InChI=1S/C12H12OS2/c13-11-9-4-2-1-3-8(9)7-10(11)12-14-5-6-15-12/h1-4,10,12H,5-7H2. The van der Waals surface area contributed by atoms with Gasteiger partial charge in [0.05, 0.1) is 4.58 Å². The Morgan fingerprint density at radius 2 is 1.87 bits per heavy atom. The molecule has 0 amide bonds. The maximum absolute atomic E-state index is 12.2. The zero-order valence-electron chi connectivity index (χ0n) is 8.31. The lowest BCUT2D eigenvalue weighted by Gasteiger charge is -2.14. The Morgan fingerprint density at radius 3 is 2.60 bits per heavy atom. The fraction of sp³-hybridized carbons (Fsp3) is 0.417. The second-order valence-corrected chi connectivity index (χ2v) is 6.74. The fourth-order valence-electron chi connectivity index (χ4n) is 2.30. The lowest BCUT2D eigenvalue weighted by atomic mass is 10.1. The third-order valence-corrected chi connectivity index (χ3v) is 6.30. The van der Waals surface area contributed by atoms with Crippen molar-refractivity contribution in [3.05, 3.63) is 35.4 Å². The molecule has 0 spiro atoms. The SMILES string of the molecule is O=C1c2ccccc2CC1C1SCCS1. The molecule has 3 rings (SSSR count). The van der Waals surface area contributed by atoms with E-state index in [4.69, 9.17) is 0 Å². The molecular formula is C12H12OS2. The summed E-state index contributed by atoms with van der Waals surface area (Å²) in [6, 6.07) is 8.07. The summed E-state index contributed by atoms with van der Waals surface area (Å²) in [4.78, 5) is 12.2. The molecule has 0 aromatic heterocycles. The molecule has 1 nitrogen and oxygen atoms in total. The van der Waals surface area contributed by atoms with Crippen molar-refractivity contribution < 1.29 is 4.79 Å². The smallest absolute Gasteiger partial charge is 0.168 e. The maximum Gasteiger partial charge on any atom is 0.168 e. The molecular weight excluding hydrogens is 224 g/mol. The van der Waals surface area contributed by atoms with E-state index in [9.17, 15) is 4.79 Å². The minimum atomic E-state index is 0.236. The zero-order valence-corrected chi connectivity index (χ0v) is 9.94. The molecule has 1 heterocycles. The van der Waals surface area contributed by atoms with Gasteiger partial charge >= 0.3 is 0 Å². The van der Waals surface area contributed by atoms with Gasteiger partial charge in [0, 0.05) is 23.0 Å². The number of hydrogen-bond donors (Lipinski definition) is 0. The monoisotopic (exact) mass is 236 g/mol. The molecule has 15 heavy (non-hydrogen) atoms. The van der Waals surface area contributed by atoms with Gasteiger partial charge in [0.2, 0.25) is 0 Å². The second-order valence-electron chi connectivity index (χ2n) is 3.94. The van der Waals surface area contributed by atoms with E-state index in [2.05, 4.69) is 6.07 Å². The number of rotatable bonds is 1. The first-order chi connectivity index (χ1) is 7.36. The van der Waals surface area contributed by atoms with Crippen LogP contribution in [0.3, 0.4) is 0 Å². The van der Waals surface area contributed by atoms with Crippen molar-refractivity contribution in [2.75, 3.05) is 11.5 Å². The molecule has 78 valence electrons. The maximum atomic E-state index is 12.2. The Hall–Kier alpha value is -0.410. The summed E-state index contributed by atoms with van der Waals surface area (Å²) in [5.41, 5.74) is 2.22. The van der Waals surface area contributed by atoms with Crippen LogP contribution in [0.2, 0.25) is 0 Å². The summed E-state index contributed by atoms with van der Waals surface area (Å²) in [7, 11) is 0. The molecule has 2 aliphatic rings. The number of thioether (sulfide) groups is 2. The van der Waals surface area contributed by atoms with Crippen LogP contribution in [0.4, 0.5) is 0 Å². The first-order valence-corrected chi connectivity index (χ1v) is 7.31. The Balaban J connectivity index is 1.89. The predicted molar refractivity (Wildman–Crippen MR) is 66.7 cm³/mol. The van der Waals surface area contributed by atoms with Crippen molar-refractivity contribution >= 4 is 29.3 Å². The Morgan fingerprint density at radius 1 is 1.13 bits per heavy atom. The van der Waals surface area contributed by atoms with Crippen LogP contribution >= 0.6 is 23.5 Å². The highest BCUT2D eigenvalue weighted by Crippen LogP contribution is 2.42. The fourth-order valence-corrected chi connectivity index (χ4v) is 5.40. The first kappa shape index (κ1) is 9.79. The van der Waals surface area contributed by atoms with Crippen LogP contribution in [0.25, 0.3) is 0 Å². The third kappa shape index (κ3) is 1.62. The van der Waals surface area contributed by atoms with Crippen molar-refractivity contribution in [1.82, 2.24) is 0 Å². The number of fused-ring (bicyclic) bond motifs is 1. The van der Waals surface area contributed by atoms with E-state index >= 15 is 0 Å². The summed E-state index contributed by atoms with van der Waals surface area (Å²) in [6.07, 6.45) is 0.958. The zero-order chi connectivity index (χ0) is 10.3. The summed E-state index contributed by atoms with van der Waals surface area (Å²) in [5, 5.41) is 0. The molecule has 1 unspecified atom stereocenters. The number of carbonyl (C=O) groups excluding carboxylic acids is 1. The topological polar surface area (TPSA) is 17.1 Å². The van der Waals surface area contributed by atoms with E-state index in [0.717, 1.165) is 12.0 Å². The largest absolute Gasteiger partial charge is 0.294 e. The van der Waals surface area contributed by atoms with Gasteiger partial charge in [0.15, 0.2) is 5.78 Å². The lowest BCUT2D eigenvalue weighted by molar-refractivity contribution is 0.0945. The van der Waals surface area contributed by atoms with E-state index in [1.807, 2.05) is 41.7 Å². The molecule has 1 aromatic carbocycles. The average molecular weight is 236 g/mol. The molecule has 0 N–H and O–H groups in total. The molecule has 1 atom stereocenters. The molecule has 0 radical (unpaired) electrons. The number of benzene rings is 1. The minimum absolute atomic E-state index is 0.236. The van der Waals surface area contributed by atoms with Crippen LogP contribution in [-0.4, -0.2) is 21.9 Å². The van der Waals surface area contributed by atoms with E-state index < -0.39 is 0 Å². The van der Waals surface area contributed by atoms with Crippen LogP contribution in [0, 0.1) is 5.92 Å². The van der Waals surface area contributed by atoms with Crippen LogP contribution in [0.1, 0.15) is 15.9 Å². The summed E-state index contributed by atoms with van der Waals surface area (Å²) < 4.78 is 0.505. The van der Waals surface area contributed by atoms with Gasteiger partial charge in [-0.15, -0.1) is 23.5 Å². The third-order valence-electron chi connectivity index (χ3n) is 3.04. The van der Waals surface area contributed by atoms with Crippen molar-refractivity contribution in [3.8, 4) is 0 Å². The molecule has 1 aromatic rings. The molecule has 3 heteroatoms. The van der Waals surface area contributed by atoms with Gasteiger partial charge in [0.25, 0.3) is 0 Å². The summed E-state index contributed by atoms with van der Waals surface area (Å²) in [5.74, 6) is 3.02. The van der Waals surface area contributed by atoms with Crippen LogP contribution in [0.5, 0.6) is 0 Å². The van der Waals surface area contributed by atoms with Gasteiger partial charge in [-0.05, 0) is 12.0 Å². The average Bonchev–Trinajstić information content (AvgIpc) is 2.87. The second kappa shape index (κ2) is 3.87. The number of ketones is 1. The van der Waals surface area contributed by atoms with Gasteiger partial charge in [-0.3, -0.25) is 4.79 Å². The number of carbonyl (C=O) groups is 1. The van der Waals surface area contributed by atoms with Crippen molar-refractivity contribution in [3.63, 3.8) is 0 Å². The van der Waals surface area contributed by atoms with Crippen molar-refractivity contribution in [2.45, 2.75) is 11.0 Å². The van der Waals surface area contributed by atoms with Crippen LogP contribution in [-0.2, 0) is 6.42 Å². The highest BCUT2D eigenvalue weighted by atomic mass is 32.2. The first-order valence-electron chi connectivity index (χ1n) is 5.21. The van der Waals surface area contributed by atoms with Crippen LogP contribution in [0.15, 0.2) is 24.3 Å². The normalized spacial score (nSPS) is 25.9. The van der Waals surface area contributed by atoms with Gasteiger partial charge < -0.3 is 0 Å². The highest BCUT2D eigenvalue weighted by Gasteiger charge is 2.37. The van der Waals surface area contributed by atoms with E-state index in [-0.39, 0.29) is 5.92 Å². The summed E-state index contributed by atoms with van der Waals surface area (Å²) >= 11 is 3.91. The van der Waals surface area contributed by atoms with Gasteiger partial charge in [-0.2, -0.15) is 0 Å². The Bertz CT molecular complexity index is 396. The number of hydrogen-bond acceptors (Lipinski definition) is 3. The lowest BCUT2D eigenvalue weighted by Crippen LogP contribution is -2.18. The quantitative estimate of drug-likeness (QED) is 0.746. The molecule has 0 bridgehead atoms. The number of Topliss-reactive ketones (excluding diaryl/α,β-unsaturated/α-hetero) is 1. The van der Waals surface area contributed by atoms with E-state index in [0.29, 0.717) is 10.4 Å². The molecule has 1 fully saturated rings. The molecule has 1 aliphatic carbocycles. The highest BCUT2D eigenvalue weighted by molar-refractivity contribution is 8.20. The Labute approximate surface area is 98.0 Å². The van der Waals surface area contributed by atoms with E-state index in [1.165, 1.54) is 17.1 Å². The van der Waals surface area contributed by atoms with Crippen LogP contribution < -0.4 is 0 Å². The molecule has 0 saturated carbocycles.